The molecule has 7 nitrogen and oxygen atoms in total. The molecule has 1 aromatic heterocycles. The monoisotopic (exact) mass is 327 g/mol. The number of carbonyl (C=O) groups excluding carboxylic acids is 1. The molecule has 1 unspecified atom stereocenters. The van der Waals surface area contributed by atoms with Crippen LogP contribution in [0.3, 0.4) is 0 Å². The summed E-state index contributed by atoms with van der Waals surface area (Å²) in [6.07, 6.45) is 5.34. The third kappa shape index (κ3) is 3.26. The molecular formula is C17H21N5O2. The topological polar surface area (TPSA) is 86.3 Å². The average Bonchev–Trinajstić information content (AvgIpc) is 3.07. The van der Waals surface area contributed by atoms with Crippen molar-refractivity contribution in [3.8, 4) is 5.75 Å². The number of ether oxygens (including phenoxy) is 1. The van der Waals surface area contributed by atoms with Gasteiger partial charge in [-0.05, 0) is 25.3 Å². The normalized spacial score (nSPS) is 21.1. The largest absolute Gasteiger partial charge is 0.490 e. The standard InChI is InChI=1S/C17H21N5O2/c18-17(23)15-11-22(20-19-15)13-7-8-21(10-13)9-12-3-1-2-4-16(12)24-14-5-6-14/h1-4,11,13-14H,5-10H2,(H2,18,23). The smallest absolute Gasteiger partial charge is 0.270 e. The first-order valence-corrected chi connectivity index (χ1v) is 8.37. The fraction of sp³-hybridized carbons (Fsp3) is 0.471. The molecule has 2 aromatic rings. The molecule has 2 heterocycles. The van der Waals surface area contributed by atoms with Crippen LogP contribution in [0.2, 0.25) is 0 Å². The molecule has 4 rings (SSSR count). The van der Waals surface area contributed by atoms with Gasteiger partial charge in [0.25, 0.3) is 5.91 Å². The highest BCUT2D eigenvalue weighted by Crippen LogP contribution is 2.31. The van der Waals surface area contributed by atoms with Gasteiger partial charge in [0.2, 0.25) is 0 Å². The molecule has 1 aliphatic carbocycles. The van der Waals surface area contributed by atoms with Crippen molar-refractivity contribution < 1.29 is 9.53 Å². The Morgan fingerprint density at radius 3 is 2.88 bits per heavy atom. The highest BCUT2D eigenvalue weighted by molar-refractivity contribution is 5.90. The predicted octanol–water partition coefficient (Wildman–Crippen LogP) is 1.37. The van der Waals surface area contributed by atoms with E-state index in [1.54, 1.807) is 10.9 Å². The number of amides is 1. The van der Waals surface area contributed by atoms with Crippen LogP contribution in [0.1, 0.15) is 41.4 Å². The quantitative estimate of drug-likeness (QED) is 0.866. The zero-order valence-electron chi connectivity index (χ0n) is 13.5. The number of hydrogen-bond donors (Lipinski definition) is 1. The van der Waals surface area contributed by atoms with Crippen molar-refractivity contribution >= 4 is 5.91 Å². The molecule has 1 aliphatic heterocycles. The molecule has 0 bridgehead atoms. The molecule has 2 fully saturated rings. The second-order valence-corrected chi connectivity index (χ2v) is 6.55. The Morgan fingerprint density at radius 1 is 1.29 bits per heavy atom. The van der Waals surface area contributed by atoms with Gasteiger partial charge in [-0.3, -0.25) is 9.69 Å². The number of hydrogen-bond acceptors (Lipinski definition) is 5. The zero-order chi connectivity index (χ0) is 16.5. The van der Waals surface area contributed by atoms with E-state index in [0.717, 1.165) is 44.6 Å². The first kappa shape index (κ1) is 15.1. The number of aromatic nitrogens is 3. The molecule has 24 heavy (non-hydrogen) atoms. The van der Waals surface area contributed by atoms with Gasteiger partial charge in [-0.1, -0.05) is 23.4 Å². The van der Waals surface area contributed by atoms with E-state index in [1.807, 2.05) is 6.07 Å². The van der Waals surface area contributed by atoms with Gasteiger partial charge in [0.15, 0.2) is 5.69 Å². The molecule has 0 spiro atoms. The van der Waals surface area contributed by atoms with Crippen molar-refractivity contribution in [2.45, 2.75) is 38.0 Å². The maximum atomic E-state index is 11.1. The number of benzene rings is 1. The van der Waals surface area contributed by atoms with E-state index in [2.05, 4.69) is 33.4 Å². The summed E-state index contributed by atoms with van der Waals surface area (Å²) in [6.45, 7) is 2.71. The number of primary amides is 1. The maximum absolute atomic E-state index is 11.1. The van der Waals surface area contributed by atoms with Crippen LogP contribution in [0.5, 0.6) is 5.75 Å². The fourth-order valence-electron chi connectivity index (χ4n) is 3.10. The van der Waals surface area contributed by atoms with Gasteiger partial charge in [0.05, 0.1) is 18.3 Å². The number of para-hydroxylation sites is 1. The molecule has 2 N–H and O–H groups in total. The van der Waals surface area contributed by atoms with E-state index in [1.165, 1.54) is 5.56 Å². The van der Waals surface area contributed by atoms with Crippen molar-refractivity contribution in [2.75, 3.05) is 13.1 Å². The second-order valence-electron chi connectivity index (χ2n) is 6.55. The van der Waals surface area contributed by atoms with Gasteiger partial charge >= 0.3 is 0 Å². The number of nitrogens with zero attached hydrogens (tertiary/aromatic N) is 4. The molecule has 2 aliphatic rings. The minimum Gasteiger partial charge on any atom is -0.490 e. The molecule has 1 atom stereocenters. The summed E-state index contributed by atoms with van der Waals surface area (Å²) in [6, 6.07) is 8.49. The Balaban J connectivity index is 1.41. The second kappa shape index (κ2) is 6.24. The van der Waals surface area contributed by atoms with Crippen molar-refractivity contribution in [3.63, 3.8) is 0 Å². The van der Waals surface area contributed by atoms with Crippen LogP contribution in [0.15, 0.2) is 30.5 Å². The number of rotatable bonds is 6. The summed E-state index contributed by atoms with van der Waals surface area (Å²) in [5, 5.41) is 7.86. The lowest BCUT2D eigenvalue weighted by molar-refractivity contribution is 0.0995. The Kier molecular flexibility index (Phi) is 3.93. The Morgan fingerprint density at radius 2 is 2.12 bits per heavy atom. The third-order valence-electron chi connectivity index (χ3n) is 4.57. The van der Waals surface area contributed by atoms with Crippen LogP contribution in [-0.4, -0.2) is 45.0 Å². The van der Waals surface area contributed by atoms with Crippen molar-refractivity contribution in [1.29, 1.82) is 0 Å². The molecular weight excluding hydrogens is 306 g/mol. The lowest BCUT2D eigenvalue weighted by Crippen LogP contribution is -2.22. The zero-order valence-corrected chi connectivity index (χ0v) is 13.5. The summed E-state index contributed by atoms with van der Waals surface area (Å²) in [5.41, 5.74) is 6.68. The van der Waals surface area contributed by atoms with Gasteiger partial charge in [-0.2, -0.15) is 0 Å². The van der Waals surface area contributed by atoms with Crippen molar-refractivity contribution in [1.82, 2.24) is 19.9 Å². The van der Waals surface area contributed by atoms with Crippen LogP contribution >= 0.6 is 0 Å². The Bertz CT molecular complexity index is 740. The Hall–Kier alpha value is -2.41. The highest BCUT2D eigenvalue weighted by Gasteiger charge is 2.27. The van der Waals surface area contributed by atoms with Crippen LogP contribution in [0.25, 0.3) is 0 Å². The minimum atomic E-state index is -0.540. The molecule has 0 radical (unpaired) electrons. The third-order valence-corrected chi connectivity index (χ3v) is 4.57. The first-order chi connectivity index (χ1) is 11.7. The number of nitrogens with two attached hydrogens (primary N) is 1. The summed E-state index contributed by atoms with van der Waals surface area (Å²) >= 11 is 0. The molecule has 7 heteroatoms. The number of likely N-dealkylation sites (tertiary alicyclic amines) is 1. The van der Waals surface area contributed by atoms with Gasteiger partial charge in [-0.15, -0.1) is 5.10 Å². The first-order valence-electron chi connectivity index (χ1n) is 8.37. The lowest BCUT2D eigenvalue weighted by Gasteiger charge is -2.18. The molecule has 1 saturated heterocycles. The molecule has 126 valence electrons. The van der Waals surface area contributed by atoms with Crippen LogP contribution in [0.4, 0.5) is 0 Å². The van der Waals surface area contributed by atoms with E-state index in [-0.39, 0.29) is 11.7 Å². The van der Waals surface area contributed by atoms with Gasteiger partial charge in [-0.25, -0.2) is 4.68 Å². The fourth-order valence-corrected chi connectivity index (χ4v) is 3.10. The SMILES string of the molecule is NC(=O)c1cn(C2CCN(Cc3ccccc3OC3CC3)C2)nn1. The summed E-state index contributed by atoms with van der Waals surface area (Å²) < 4.78 is 7.76. The van der Waals surface area contributed by atoms with Crippen LogP contribution in [-0.2, 0) is 6.54 Å². The molecule has 1 aromatic carbocycles. The summed E-state index contributed by atoms with van der Waals surface area (Å²) in [4.78, 5) is 13.5. The van der Waals surface area contributed by atoms with Gasteiger partial charge in [0.1, 0.15) is 5.75 Å². The van der Waals surface area contributed by atoms with Gasteiger partial charge in [0, 0.05) is 25.2 Å². The van der Waals surface area contributed by atoms with Crippen LogP contribution < -0.4 is 10.5 Å². The van der Waals surface area contributed by atoms with Gasteiger partial charge < -0.3 is 10.5 Å². The van der Waals surface area contributed by atoms with E-state index in [4.69, 9.17) is 10.5 Å². The van der Waals surface area contributed by atoms with E-state index < -0.39 is 5.91 Å². The highest BCUT2D eigenvalue weighted by atomic mass is 16.5. The van der Waals surface area contributed by atoms with Crippen molar-refractivity contribution in [2.24, 2.45) is 5.73 Å². The minimum absolute atomic E-state index is 0.219. The predicted molar refractivity (Wildman–Crippen MR) is 87.6 cm³/mol. The van der Waals surface area contributed by atoms with Crippen LogP contribution in [0, 0.1) is 0 Å². The summed E-state index contributed by atoms with van der Waals surface area (Å²) in [5.74, 6) is 0.461. The van der Waals surface area contributed by atoms with Crippen molar-refractivity contribution in [3.05, 3.63) is 41.7 Å². The lowest BCUT2D eigenvalue weighted by atomic mass is 10.2. The molecule has 1 amide bonds. The van der Waals surface area contributed by atoms with E-state index in [9.17, 15) is 4.79 Å². The summed E-state index contributed by atoms with van der Waals surface area (Å²) in [7, 11) is 0. The number of carbonyl (C=O) groups is 1. The van der Waals surface area contributed by atoms with E-state index >= 15 is 0 Å². The maximum Gasteiger partial charge on any atom is 0.270 e. The van der Waals surface area contributed by atoms with E-state index in [0.29, 0.717) is 6.10 Å². The molecule has 1 saturated carbocycles. The Labute approximate surface area is 140 Å². The average molecular weight is 327 g/mol.